The number of rotatable bonds is 9. The van der Waals surface area contributed by atoms with Crippen molar-refractivity contribution >= 4 is 10.9 Å². The van der Waals surface area contributed by atoms with Gasteiger partial charge in [-0.2, -0.15) is 0 Å². The molecule has 0 spiro atoms. The van der Waals surface area contributed by atoms with Crippen molar-refractivity contribution in [3.63, 3.8) is 0 Å². The van der Waals surface area contributed by atoms with E-state index in [1.54, 1.807) is 23.0 Å². The largest absolute Gasteiger partial charge is 0.321 e. The highest BCUT2D eigenvalue weighted by Gasteiger charge is 2.26. The summed E-state index contributed by atoms with van der Waals surface area (Å²) in [6.45, 7) is 5.43. The van der Waals surface area contributed by atoms with Gasteiger partial charge in [0.1, 0.15) is 5.82 Å². The number of pyridine rings is 2. The highest BCUT2D eigenvalue weighted by Crippen LogP contribution is 2.27. The Bertz CT molecular complexity index is 1550. The number of tetrazole rings is 1. The summed E-state index contributed by atoms with van der Waals surface area (Å²) >= 11 is 0. The first-order chi connectivity index (χ1) is 18.0. The maximum atomic E-state index is 13.4. The summed E-state index contributed by atoms with van der Waals surface area (Å²) in [5, 5.41) is 13.5. The van der Waals surface area contributed by atoms with Crippen molar-refractivity contribution in [3.8, 4) is 0 Å². The van der Waals surface area contributed by atoms with Gasteiger partial charge in [-0.25, -0.2) is 9.07 Å². The average molecular weight is 498 g/mol. The monoisotopic (exact) mass is 497 g/mol. The second-order valence-corrected chi connectivity index (χ2v) is 9.17. The number of aryl methyl sites for hydroxylation is 1. The molecular weight excluding hydrogens is 469 g/mol. The molecule has 0 saturated heterocycles. The highest BCUT2D eigenvalue weighted by molar-refractivity contribution is 5.81. The maximum Gasteiger partial charge on any atom is 0.252 e. The molecule has 3 aromatic heterocycles. The molecule has 37 heavy (non-hydrogen) atoms. The summed E-state index contributed by atoms with van der Waals surface area (Å²) in [7, 11) is 0. The fourth-order valence-corrected chi connectivity index (χ4v) is 4.70. The Hall–Kier alpha value is -4.24. The molecule has 1 atom stereocenters. The molecule has 5 rings (SSSR count). The first-order valence-corrected chi connectivity index (χ1v) is 12.3. The van der Waals surface area contributed by atoms with Crippen molar-refractivity contribution in [2.45, 2.75) is 45.9 Å². The molecule has 2 aromatic carbocycles. The minimum atomic E-state index is -0.287. The van der Waals surface area contributed by atoms with E-state index in [1.807, 2.05) is 49.5 Å². The van der Waals surface area contributed by atoms with Crippen LogP contribution in [0.4, 0.5) is 4.39 Å². The molecule has 0 unspecified atom stereocenters. The lowest BCUT2D eigenvalue weighted by Gasteiger charge is -2.30. The average Bonchev–Trinajstić information content (AvgIpc) is 3.35. The lowest BCUT2D eigenvalue weighted by molar-refractivity contribution is 0.161. The Morgan fingerprint density at radius 3 is 2.65 bits per heavy atom. The van der Waals surface area contributed by atoms with Crippen molar-refractivity contribution < 1.29 is 4.39 Å². The number of hydrogen-bond donors (Lipinski definition) is 1. The fourth-order valence-electron chi connectivity index (χ4n) is 4.70. The Morgan fingerprint density at radius 2 is 1.89 bits per heavy atom. The summed E-state index contributed by atoms with van der Waals surface area (Å²) in [4.78, 5) is 22.7. The molecular formula is C28H28FN7O. The number of aromatic nitrogens is 6. The van der Waals surface area contributed by atoms with E-state index in [1.165, 1.54) is 12.1 Å². The summed E-state index contributed by atoms with van der Waals surface area (Å²) in [5.74, 6) is 0.398. The molecule has 188 valence electrons. The van der Waals surface area contributed by atoms with Crippen LogP contribution in [-0.4, -0.2) is 35.1 Å². The normalized spacial score (nSPS) is 12.3. The van der Waals surface area contributed by atoms with E-state index in [0.717, 1.165) is 27.6 Å². The van der Waals surface area contributed by atoms with Gasteiger partial charge in [0.2, 0.25) is 0 Å². The SMILES string of the molecule is CC[C@@H](c1nnnn1Cc1ccc(F)cc1)N(Cc1cccnc1)Cc1cc2cccc(C)c2[nH]c1=O. The van der Waals surface area contributed by atoms with Crippen molar-refractivity contribution in [2.24, 2.45) is 0 Å². The molecule has 0 aliphatic heterocycles. The van der Waals surface area contributed by atoms with Crippen LogP contribution in [-0.2, 0) is 19.6 Å². The molecule has 1 N–H and O–H groups in total. The van der Waals surface area contributed by atoms with Crippen LogP contribution < -0.4 is 5.56 Å². The Kier molecular flexibility index (Phi) is 7.14. The molecule has 0 bridgehead atoms. The highest BCUT2D eigenvalue weighted by atomic mass is 19.1. The lowest BCUT2D eigenvalue weighted by atomic mass is 10.1. The van der Waals surface area contributed by atoms with E-state index in [4.69, 9.17) is 0 Å². The molecule has 0 amide bonds. The van der Waals surface area contributed by atoms with Crippen LogP contribution in [0.3, 0.4) is 0 Å². The zero-order valence-electron chi connectivity index (χ0n) is 20.8. The van der Waals surface area contributed by atoms with E-state index >= 15 is 0 Å². The minimum Gasteiger partial charge on any atom is -0.321 e. The predicted molar refractivity (Wildman–Crippen MR) is 139 cm³/mol. The molecule has 0 radical (unpaired) electrons. The van der Waals surface area contributed by atoms with Crippen molar-refractivity contribution in [3.05, 3.63) is 117 Å². The summed E-state index contributed by atoms with van der Waals surface area (Å²) < 4.78 is 15.2. The van der Waals surface area contributed by atoms with Crippen LogP contribution in [0.5, 0.6) is 0 Å². The first kappa shape index (κ1) is 24.5. The van der Waals surface area contributed by atoms with Crippen LogP contribution in [0.15, 0.2) is 77.9 Å². The van der Waals surface area contributed by atoms with Crippen LogP contribution in [0, 0.1) is 12.7 Å². The predicted octanol–water partition coefficient (Wildman–Crippen LogP) is 4.56. The van der Waals surface area contributed by atoms with Gasteiger partial charge in [-0.05, 0) is 70.1 Å². The molecule has 0 fully saturated rings. The molecule has 0 aliphatic rings. The Labute approximate surface area is 213 Å². The minimum absolute atomic E-state index is 0.112. The molecule has 8 nitrogen and oxygen atoms in total. The lowest BCUT2D eigenvalue weighted by Crippen LogP contribution is -2.32. The molecule has 0 saturated carbocycles. The van der Waals surface area contributed by atoms with Crippen molar-refractivity contribution in [2.75, 3.05) is 0 Å². The third-order valence-corrected chi connectivity index (χ3v) is 6.58. The van der Waals surface area contributed by atoms with Gasteiger partial charge < -0.3 is 4.98 Å². The number of nitrogens with zero attached hydrogens (tertiary/aromatic N) is 6. The number of nitrogens with one attached hydrogen (secondary N) is 1. The summed E-state index contributed by atoms with van der Waals surface area (Å²) in [6, 6.07) is 18.0. The molecule has 0 aliphatic carbocycles. The number of para-hydroxylation sites is 1. The van der Waals surface area contributed by atoms with Gasteiger partial charge in [0.15, 0.2) is 5.82 Å². The fraction of sp³-hybridized carbons (Fsp3) is 0.250. The number of aromatic amines is 1. The smallest absolute Gasteiger partial charge is 0.252 e. The topological polar surface area (TPSA) is 92.6 Å². The van der Waals surface area contributed by atoms with Crippen molar-refractivity contribution in [1.29, 1.82) is 0 Å². The number of hydrogen-bond acceptors (Lipinski definition) is 6. The van der Waals surface area contributed by atoms with E-state index in [9.17, 15) is 9.18 Å². The number of fused-ring (bicyclic) bond motifs is 1. The van der Waals surface area contributed by atoms with Gasteiger partial charge in [-0.1, -0.05) is 43.3 Å². The van der Waals surface area contributed by atoms with Crippen LogP contribution in [0.1, 0.15) is 47.5 Å². The van der Waals surface area contributed by atoms with Crippen molar-refractivity contribution in [1.82, 2.24) is 35.1 Å². The zero-order chi connectivity index (χ0) is 25.8. The van der Waals surface area contributed by atoms with E-state index < -0.39 is 0 Å². The maximum absolute atomic E-state index is 13.4. The second kappa shape index (κ2) is 10.8. The molecule has 9 heteroatoms. The Balaban J connectivity index is 1.51. The Morgan fingerprint density at radius 1 is 1.05 bits per heavy atom. The van der Waals surface area contributed by atoms with Crippen LogP contribution >= 0.6 is 0 Å². The third kappa shape index (κ3) is 5.46. The molecule has 5 aromatic rings. The van der Waals surface area contributed by atoms with Gasteiger partial charge in [-0.3, -0.25) is 14.7 Å². The number of halogens is 1. The number of H-pyrrole nitrogens is 1. The second-order valence-electron chi connectivity index (χ2n) is 9.17. The van der Waals surface area contributed by atoms with E-state index in [-0.39, 0.29) is 17.4 Å². The van der Waals surface area contributed by atoms with E-state index in [2.05, 4.69) is 37.3 Å². The summed E-state index contributed by atoms with van der Waals surface area (Å²) in [6.07, 6.45) is 4.29. The third-order valence-electron chi connectivity index (χ3n) is 6.58. The van der Waals surface area contributed by atoms with Gasteiger partial charge in [0.05, 0.1) is 18.1 Å². The van der Waals surface area contributed by atoms with Gasteiger partial charge in [-0.15, -0.1) is 5.10 Å². The van der Waals surface area contributed by atoms with Gasteiger partial charge in [0, 0.05) is 31.0 Å². The first-order valence-electron chi connectivity index (χ1n) is 12.3. The van der Waals surface area contributed by atoms with Gasteiger partial charge in [0.25, 0.3) is 5.56 Å². The van der Waals surface area contributed by atoms with Crippen LogP contribution in [0.25, 0.3) is 10.9 Å². The van der Waals surface area contributed by atoms with E-state index in [0.29, 0.717) is 37.4 Å². The molecule has 3 heterocycles. The van der Waals surface area contributed by atoms with Gasteiger partial charge >= 0.3 is 0 Å². The standard InChI is InChI=1S/C28H28FN7O/c1-3-25(27-32-33-34-36(27)17-20-9-11-24(29)12-10-20)35(16-21-7-5-13-30-15-21)18-23-14-22-8-4-6-19(2)26(22)31-28(23)37/h4-15,25H,3,16-18H2,1-2H3,(H,31,37)/t25-/m0/s1. The number of benzene rings is 2. The van der Waals surface area contributed by atoms with Crippen LogP contribution in [0.2, 0.25) is 0 Å². The summed E-state index contributed by atoms with van der Waals surface area (Å²) in [5.41, 5.74) is 4.35. The zero-order valence-corrected chi connectivity index (χ0v) is 20.8. The quantitative estimate of drug-likeness (QED) is 0.321.